The molecule has 1 fully saturated rings. The molecule has 1 N–H and O–H groups in total. The summed E-state index contributed by atoms with van der Waals surface area (Å²) in [5, 5.41) is 15.1. The number of halogens is 3. The second-order valence-electron chi connectivity index (χ2n) is 6.10. The van der Waals surface area contributed by atoms with Crippen LogP contribution in [0.1, 0.15) is 12.0 Å². The van der Waals surface area contributed by atoms with E-state index in [2.05, 4.69) is 10.4 Å². The van der Waals surface area contributed by atoms with Gasteiger partial charge in [-0.3, -0.25) is 14.3 Å². The summed E-state index contributed by atoms with van der Waals surface area (Å²) in [5.74, 6) is -1.43. The molecule has 3 rings (SSSR count). The predicted octanol–water partition coefficient (Wildman–Crippen LogP) is 2.31. The maximum atomic E-state index is 12.4. The van der Waals surface area contributed by atoms with Crippen LogP contribution in [0.5, 0.6) is 0 Å². The van der Waals surface area contributed by atoms with E-state index in [0.717, 1.165) is 6.20 Å². The summed E-state index contributed by atoms with van der Waals surface area (Å²) in [6.07, 6.45) is -2.19. The van der Waals surface area contributed by atoms with Crippen LogP contribution in [0.15, 0.2) is 36.7 Å². The molecule has 2 heterocycles. The van der Waals surface area contributed by atoms with Crippen LogP contribution < -0.4 is 10.2 Å². The van der Waals surface area contributed by atoms with Crippen LogP contribution in [0.25, 0.3) is 0 Å². The molecule has 7 nitrogen and oxygen atoms in total. The van der Waals surface area contributed by atoms with Gasteiger partial charge in [-0.15, -0.1) is 0 Å². The first-order valence-electron chi connectivity index (χ1n) is 7.96. The van der Waals surface area contributed by atoms with E-state index >= 15 is 0 Å². The van der Waals surface area contributed by atoms with Crippen LogP contribution in [-0.2, 0) is 16.1 Å². The molecule has 0 aliphatic carbocycles. The molecule has 1 aromatic carbocycles. The van der Waals surface area contributed by atoms with E-state index in [-0.39, 0.29) is 24.6 Å². The zero-order valence-electron chi connectivity index (χ0n) is 13.9. The number of hydrogen-bond acceptors (Lipinski definition) is 4. The highest BCUT2D eigenvalue weighted by molar-refractivity contribution is 6.03. The summed E-state index contributed by atoms with van der Waals surface area (Å²) >= 11 is 0. The van der Waals surface area contributed by atoms with Crippen molar-refractivity contribution in [3.63, 3.8) is 0 Å². The fourth-order valence-electron chi connectivity index (χ4n) is 2.81. The number of hydrogen-bond donors (Lipinski definition) is 1. The van der Waals surface area contributed by atoms with Crippen molar-refractivity contribution in [2.45, 2.75) is 19.1 Å². The first-order chi connectivity index (χ1) is 12.7. The third-order valence-electron chi connectivity index (χ3n) is 4.03. The molecule has 140 valence electrons. The number of alkyl halides is 3. The van der Waals surface area contributed by atoms with Crippen LogP contribution in [0.2, 0.25) is 0 Å². The first kappa shape index (κ1) is 18.4. The normalized spacial score (nSPS) is 17.0. The van der Waals surface area contributed by atoms with Gasteiger partial charge in [-0.05, 0) is 18.2 Å². The highest BCUT2D eigenvalue weighted by Crippen LogP contribution is 2.27. The molecule has 1 atom stereocenters. The van der Waals surface area contributed by atoms with Gasteiger partial charge in [0.1, 0.15) is 6.54 Å². The number of anilines is 2. The maximum Gasteiger partial charge on any atom is 0.408 e. The molecule has 0 saturated carbocycles. The molecule has 2 amide bonds. The molecular formula is C17H14F3N5O2. The average Bonchev–Trinajstić information content (AvgIpc) is 3.20. The molecule has 1 aliphatic heterocycles. The summed E-state index contributed by atoms with van der Waals surface area (Å²) in [7, 11) is 0. The third kappa shape index (κ3) is 4.44. The van der Waals surface area contributed by atoms with Crippen molar-refractivity contribution in [3.05, 3.63) is 42.2 Å². The van der Waals surface area contributed by atoms with Gasteiger partial charge in [-0.1, -0.05) is 6.07 Å². The van der Waals surface area contributed by atoms with E-state index in [1.54, 1.807) is 18.2 Å². The molecule has 10 heteroatoms. The summed E-state index contributed by atoms with van der Waals surface area (Å²) in [6.45, 7) is -1.21. The van der Waals surface area contributed by atoms with Crippen LogP contribution >= 0.6 is 0 Å². The van der Waals surface area contributed by atoms with Gasteiger partial charge in [-0.2, -0.15) is 23.5 Å². The lowest BCUT2D eigenvalue weighted by Gasteiger charge is -2.14. The van der Waals surface area contributed by atoms with Crippen molar-refractivity contribution in [2.24, 2.45) is 5.92 Å². The lowest BCUT2D eigenvalue weighted by Crippen LogP contribution is -2.28. The van der Waals surface area contributed by atoms with Crippen molar-refractivity contribution < 1.29 is 22.8 Å². The quantitative estimate of drug-likeness (QED) is 0.885. The number of benzene rings is 1. The number of carbonyl (C=O) groups is 2. The monoisotopic (exact) mass is 377 g/mol. The summed E-state index contributed by atoms with van der Waals surface area (Å²) < 4.78 is 38.0. The lowest BCUT2D eigenvalue weighted by molar-refractivity contribution is -0.142. The van der Waals surface area contributed by atoms with Crippen molar-refractivity contribution >= 4 is 23.2 Å². The van der Waals surface area contributed by atoms with Gasteiger partial charge in [-0.25, -0.2) is 0 Å². The molecule has 1 aromatic heterocycles. The minimum Gasteiger partial charge on any atom is -0.326 e. The van der Waals surface area contributed by atoms with Gasteiger partial charge in [0.2, 0.25) is 11.8 Å². The summed E-state index contributed by atoms with van der Waals surface area (Å²) in [4.78, 5) is 25.8. The number of nitriles is 1. The second kappa shape index (κ2) is 7.11. The number of carbonyl (C=O) groups excluding carboxylic acids is 2. The highest BCUT2D eigenvalue weighted by atomic mass is 19.4. The van der Waals surface area contributed by atoms with Gasteiger partial charge in [0.05, 0.1) is 29.4 Å². The van der Waals surface area contributed by atoms with Crippen LogP contribution in [0.4, 0.5) is 24.5 Å². The van der Waals surface area contributed by atoms with Crippen LogP contribution in [-0.4, -0.2) is 34.3 Å². The Hall–Kier alpha value is -3.35. The maximum absolute atomic E-state index is 12.4. The van der Waals surface area contributed by atoms with E-state index in [0.29, 0.717) is 15.9 Å². The number of amides is 2. The number of nitrogens with zero attached hydrogens (tertiary/aromatic N) is 4. The molecule has 2 aromatic rings. The Morgan fingerprint density at radius 1 is 1.41 bits per heavy atom. The Bertz CT molecular complexity index is 916. The standard InChI is InChI=1S/C17H14F3N5O2/c18-17(19,20)10-24-9-14(7-22-24)25-8-12(5-15(25)26)16(27)23-13-3-1-2-11(4-13)6-21/h1-4,7,9,12H,5,8,10H2,(H,23,27)/t12-/m0/s1. The molecule has 0 radical (unpaired) electrons. The first-order valence-corrected chi connectivity index (χ1v) is 7.96. The number of rotatable bonds is 4. The molecule has 27 heavy (non-hydrogen) atoms. The van der Waals surface area contributed by atoms with Gasteiger partial charge >= 0.3 is 6.18 Å². The van der Waals surface area contributed by atoms with Crippen LogP contribution in [0.3, 0.4) is 0 Å². The van der Waals surface area contributed by atoms with Crippen molar-refractivity contribution in [1.82, 2.24) is 9.78 Å². The van der Waals surface area contributed by atoms with Crippen molar-refractivity contribution in [3.8, 4) is 6.07 Å². The largest absolute Gasteiger partial charge is 0.408 e. The molecule has 0 unspecified atom stereocenters. The fourth-order valence-corrected chi connectivity index (χ4v) is 2.81. The average molecular weight is 377 g/mol. The zero-order chi connectivity index (χ0) is 19.6. The summed E-state index contributed by atoms with van der Waals surface area (Å²) in [5.41, 5.74) is 1.03. The van der Waals surface area contributed by atoms with E-state index in [1.807, 2.05) is 6.07 Å². The van der Waals surface area contributed by atoms with Gasteiger partial charge < -0.3 is 10.2 Å². The Balaban J connectivity index is 1.66. The van der Waals surface area contributed by atoms with E-state index < -0.39 is 24.5 Å². The Morgan fingerprint density at radius 3 is 2.89 bits per heavy atom. The molecule has 1 saturated heterocycles. The minimum absolute atomic E-state index is 0.0420. The van der Waals surface area contributed by atoms with Crippen molar-refractivity contribution in [2.75, 3.05) is 16.8 Å². The third-order valence-corrected chi connectivity index (χ3v) is 4.03. The molecule has 0 spiro atoms. The minimum atomic E-state index is -4.42. The Labute approximate surface area is 152 Å². The van der Waals surface area contributed by atoms with Crippen LogP contribution in [0, 0.1) is 17.2 Å². The fraction of sp³-hybridized carbons (Fsp3) is 0.294. The van der Waals surface area contributed by atoms with Gasteiger partial charge in [0, 0.05) is 24.8 Å². The number of nitrogens with one attached hydrogen (secondary N) is 1. The molecule has 0 bridgehead atoms. The van der Waals surface area contributed by atoms with Gasteiger partial charge in [0.25, 0.3) is 0 Å². The molecule has 1 aliphatic rings. The predicted molar refractivity (Wildman–Crippen MR) is 88.5 cm³/mol. The SMILES string of the molecule is N#Cc1cccc(NC(=O)[C@H]2CC(=O)N(c3cnn(CC(F)(F)F)c3)C2)c1. The Morgan fingerprint density at radius 2 is 2.19 bits per heavy atom. The van der Waals surface area contributed by atoms with Gasteiger partial charge in [0.15, 0.2) is 0 Å². The Kier molecular flexibility index (Phi) is 4.85. The van der Waals surface area contributed by atoms with E-state index in [4.69, 9.17) is 5.26 Å². The van der Waals surface area contributed by atoms with E-state index in [1.165, 1.54) is 17.2 Å². The second-order valence-corrected chi connectivity index (χ2v) is 6.10. The van der Waals surface area contributed by atoms with Crippen molar-refractivity contribution in [1.29, 1.82) is 5.26 Å². The molecular weight excluding hydrogens is 363 g/mol. The zero-order valence-corrected chi connectivity index (χ0v) is 13.9. The van der Waals surface area contributed by atoms with E-state index in [9.17, 15) is 22.8 Å². The smallest absolute Gasteiger partial charge is 0.326 e. The highest BCUT2D eigenvalue weighted by Gasteiger charge is 2.36. The topological polar surface area (TPSA) is 91.0 Å². The lowest BCUT2D eigenvalue weighted by atomic mass is 10.1. The summed E-state index contributed by atoms with van der Waals surface area (Å²) in [6, 6.07) is 8.30. The number of aromatic nitrogens is 2.